The van der Waals surface area contributed by atoms with E-state index in [1.807, 2.05) is 29.2 Å². The maximum absolute atomic E-state index is 12.7. The number of hydrogen-bond donors (Lipinski definition) is 0. The Labute approximate surface area is 175 Å². The van der Waals surface area contributed by atoms with Crippen molar-refractivity contribution >= 4 is 17.7 Å². The molecule has 0 saturated carbocycles. The lowest BCUT2D eigenvalue weighted by Crippen LogP contribution is -2.36. The third-order valence-electron chi connectivity index (χ3n) is 5.20. The standard InChI is InChI=1S/C22H25N5OS/c1-2-17-9-4-5-11-19(17)27-21(18-10-8-12-23-15-18)24-25-22(27)29-16-20(28)26-13-6-3-7-14-26/h4-5,8-12,15H,2-3,6-7,13-14,16H2,1H3. The number of benzene rings is 1. The molecule has 2 aromatic heterocycles. The Balaban J connectivity index is 1.67. The van der Waals surface area contributed by atoms with Crippen LogP contribution in [0.4, 0.5) is 0 Å². The van der Waals surface area contributed by atoms with Gasteiger partial charge in [0.15, 0.2) is 11.0 Å². The van der Waals surface area contributed by atoms with E-state index in [0.717, 1.165) is 54.6 Å². The van der Waals surface area contributed by atoms with Crippen molar-refractivity contribution < 1.29 is 4.79 Å². The summed E-state index contributed by atoms with van der Waals surface area (Å²) >= 11 is 1.46. The summed E-state index contributed by atoms with van der Waals surface area (Å²) in [5.74, 6) is 1.29. The largest absolute Gasteiger partial charge is 0.342 e. The first kappa shape index (κ1) is 19.6. The van der Waals surface area contributed by atoms with Crippen molar-refractivity contribution in [2.24, 2.45) is 0 Å². The van der Waals surface area contributed by atoms with E-state index in [4.69, 9.17) is 0 Å². The first-order valence-electron chi connectivity index (χ1n) is 10.1. The van der Waals surface area contributed by atoms with Crippen LogP contribution in [0.15, 0.2) is 53.9 Å². The van der Waals surface area contributed by atoms with Gasteiger partial charge in [-0.2, -0.15) is 0 Å². The monoisotopic (exact) mass is 407 g/mol. The zero-order chi connectivity index (χ0) is 20.1. The molecule has 1 fully saturated rings. The topological polar surface area (TPSA) is 63.9 Å². The molecule has 0 radical (unpaired) electrons. The molecular weight excluding hydrogens is 382 g/mol. The molecule has 3 aromatic rings. The smallest absolute Gasteiger partial charge is 0.233 e. The van der Waals surface area contributed by atoms with Crippen LogP contribution in [-0.2, 0) is 11.2 Å². The predicted molar refractivity (Wildman–Crippen MR) is 115 cm³/mol. The van der Waals surface area contributed by atoms with Gasteiger partial charge in [-0.25, -0.2) is 0 Å². The van der Waals surface area contributed by atoms with Gasteiger partial charge in [-0.3, -0.25) is 14.3 Å². The van der Waals surface area contributed by atoms with Gasteiger partial charge in [0.1, 0.15) is 0 Å². The lowest BCUT2D eigenvalue weighted by Gasteiger charge is -2.26. The molecule has 0 atom stereocenters. The molecule has 0 aliphatic carbocycles. The molecule has 3 heterocycles. The van der Waals surface area contributed by atoms with E-state index in [1.165, 1.54) is 23.7 Å². The first-order chi connectivity index (χ1) is 14.3. The Kier molecular flexibility index (Phi) is 6.24. The fourth-order valence-corrected chi connectivity index (χ4v) is 4.50. The van der Waals surface area contributed by atoms with E-state index in [0.29, 0.717) is 5.75 Å². The van der Waals surface area contributed by atoms with Crippen LogP contribution in [0, 0.1) is 0 Å². The number of pyridine rings is 1. The molecule has 1 saturated heterocycles. The predicted octanol–water partition coefficient (Wildman–Crippen LogP) is 4.00. The SMILES string of the molecule is CCc1ccccc1-n1c(SCC(=O)N2CCCCC2)nnc1-c1cccnc1. The van der Waals surface area contributed by atoms with Crippen LogP contribution in [0.5, 0.6) is 0 Å². The van der Waals surface area contributed by atoms with Crippen molar-refractivity contribution in [1.29, 1.82) is 0 Å². The van der Waals surface area contributed by atoms with E-state index in [1.54, 1.807) is 12.4 Å². The molecule has 1 aliphatic heterocycles. The number of carbonyl (C=O) groups excluding carboxylic acids is 1. The number of likely N-dealkylation sites (tertiary alicyclic amines) is 1. The molecule has 0 spiro atoms. The van der Waals surface area contributed by atoms with Gasteiger partial charge in [-0.05, 0) is 49.4 Å². The summed E-state index contributed by atoms with van der Waals surface area (Å²) in [6.07, 6.45) is 7.86. The van der Waals surface area contributed by atoms with Crippen LogP contribution >= 0.6 is 11.8 Å². The van der Waals surface area contributed by atoms with Crippen LogP contribution < -0.4 is 0 Å². The maximum Gasteiger partial charge on any atom is 0.233 e. The quantitative estimate of drug-likeness (QED) is 0.578. The number of nitrogens with zero attached hydrogens (tertiary/aromatic N) is 5. The Morgan fingerprint density at radius 3 is 2.66 bits per heavy atom. The highest BCUT2D eigenvalue weighted by atomic mass is 32.2. The summed E-state index contributed by atoms with van der Waals surface area (Å²) in [5.41, 5.74) is 3.16. The minimum atomic E-state index is 0.177. The second kappa shape index (κ2) is 9.22. The normalized spacial score (nSPS) is 14.2. The van der Waals surface area contributed by atoms with Crippen molar-refractivity contribution in [3.05, 3.63) is 54.4 Å². The average molecular weight is 408 g/mol. The van der Waals surface area contributed by atoms with Crippen LogP contribution in [0.3, 0.4) is 0 Å². The lowest BCUT2D eigenvalue weighted by atomic mass is 10.1. The van der Waals surface area contributed by atoms with E-state index in [2.05, 4.69) is 38.8 Å². The molecular formula is C22H25N5OS. The summed E-state index contributed by atoms with van der Waals surface area (Å²) in [5, 5.41) is 9.63. The molecule has 4 rings (SSSR count). The van der Waals surface area contributed by atoms with Gasteiger partial charge in [0.05, 0.1) is 11.4 Å². The summed E-state index contributed by atoms with van der Waals surface area (Å²) < 4.78 is 2.06. The highest BCUT2D eigenvalue weighted by molar-refractivity contribution is 7.99. The molecule has 1 amide bonds. The summed E-state index contributed by atoms with van der Waals surface area (Å²) in [6, 6.07) is 12.1. The summed E-state index contributed by atoms with van der Waals surface area (Å²) in [7, 11) is 0. The van der Waals surface area contributed by atoms with Gasteiger partial charge in [0, 0.05) is 31.0 Å². The average Bonchev–Trinajstić information content (AvgIpc) is 3.22. The van der Waals surface area contributed by atoms with Gasteiger partial charge in [-0.15, -0.1) is 10.2 Å². The third-order valence-corrected chi connectivity index (χ3v) is 6.11. The number of piperidine rings is 1. The Bertz CT molecular complexity index is 966. The van der Waals surface area contributed by atoms with E-state index in [-0.39, 0.29) is 5.91 Å². The number of aryl methyl sites for hydroxylation is 1. The number of hydrogen-bond acceptors (Lipinski definition) is 5. The van der Waals surface area contributed by atoms with E-state index < -0.39 is 0 Å². The van der Waals surface area contributed by atoms with Gasteiger partial charge in [-0.1, -0.05) is 36.9 Å². The van der Waals surface area contributed by atoms with Crippen molar-refractivity contribution in [3.63, 3.8) is 0 Å². The van der Waals surface area contributed by atoms with Gasteiger partial charge in [0.2, 0.25) is 5.91 Å². The van der Waals surface area contributed by atoms with Gasteiger partial charge in [0.25, 0.3) is 0 Å². The van der Waals surface area contributed by atoms with Gasteiger partial charge < -0.3 is 4.90 Å². The second-order valence-electron chi connectivity index (χ2n) is 7.10. The number of carbonyl (C=O) groups is 1. The molecule has 0 N–H and O–H groups in total. The number of para-hydroxylation sites is 1. The Morgan fingerprint density at radius 2 is 1.90 bits per heavy atom. The lowest BCUT2D eigenvalue weighted by molar-refractivity contribution is -0.129. The minimum absolute atomic E-state index is 0.177. The molecule has 1 aromatic carbocycles. The molecule has 0 bridgehead atoms. The van der Waals surface area contributed by atoms with Gasteiger partial charge >= 0.3 is 0 Å². The van der Waals surface area contributed by atoms with E-state index >= 15 is 0 Å². The highest BCUT2D eigenvalue weighted by Gasteiger charge is 2.21. The number of rotatable bonds is 6. The van der Waals surface area contributed by atoms with Crippen LogP contribution in [-0.4, -0.2) is 49.4 Å². The van der Waals surface area contributed by atoms with Crippen molar-refractivity contribution in [2.75, 3.05) is 18.8 Å². The zero-order valence-corrected chi connectivity index (χ0v) is 17.4. The molecule has 150 valence electrons. The van der Waals surface area contributed by atoms with Crippen LogP contribution in [0.2, 0.25) is 0 Å². The fraction of sp³-hybridized carbons (Fsp3) is 0.364. The maximum atomic E-state index is 12.7. The first-order valence-corrected chi connectivity index (χ1v) is 11.1. The molecule has 1 aliphatic rings. The minimum Gasteiger partial charge on any atom is -0.342 e. The summed E-state index contributed by atoms with van der Waals surface area (Å²) in [4.78, 5) is 18.9. The van der Waals surface area contributed by atoms with Crippen LogP contribution in [0.25, 0.3) is 17.1 Å². The molecule has 29 heavy (non-hydrogen) atoms. The van der Waals surface area contributed by atoms with Crippen LogP contribution in [0.1, 0.15) is 31.7 Å². The second-order valence-corrected chi connectivity index (χ2v) is 8.04. The van der Waals surface area contributed by atoms with Crippen molar-refractivity contribution in [2.45, 2.75) is 37.8 Å². The Morgan fingerprint density at radius 1 is 1.07 bits per heavy atom. The number of aromatic nitrogens is 4. The number of thioether (sulfide) groups is 1. The molecule has 0 unspecified atom stereocenters. The van der Waals surface area contributed by atoms with Crippen molar-refractivity contribution in [1.82, 2.24) is 24.6 Å². The zero-order valence-electron chi connectivity index (χ0n) is 16.6. The Hall–Kier alpha value is -2.67. The highest BCUT2D eigenvalue weighted by Crippen LogP contribution is 2.29. The summed E-state index contributed by atoms with van der Waals surface area (Å²) in [6.45, 7) is 3.87. The van der Waals surface area contributed by atoms with E-state index in [9.17, 15) is 4.79 Å². The number of amides is 1. The molecule has 6 nitrogen and oxygen atoms in total. The third kappa shape index (κ3) is 4.34. The fourth-order valence-electron chi connectivity index (χ4n) is 3.65. The van der Waals surface area contributed by atoms with Crippen molar-refractivity contribution in [3.8, 4) is 17.1 Å². The molecule has 7 heteroatoms.